The second-order valence-electron chi connectivity index (χ2n) is 4.80. The van der Waals surface area contributed by atoms with Gasteiger partial charge in [0.15, 0.2) is 0 Å². The fourth-order valence-corrected chi connectivity index (χ4v) is 2.40. The van der Waals surface area contributed by atoms with Crippen LogP contribution in [0.5, 0.6) is 0 Å². The van der Waals surface area contributed by atoms with E-state index in [1.807, 2.05) is 6.08 Å². The van der Waals surface area contributed by atoms with Crippen molar-refractivity contribution in [2.75, 3.05) is 6.54 Å². The number of benzene rings is 1. The third kappa shape index (κ3) is 4.08. The molecule has 0 aliphatic heterocycles. The highest BCUT2D eigenvalue weighted by Gasteiger charge is 2.19. The molecule has 3 nitrogen and oxygen atoms in total. The van der Waals surface area contributed by atoms with Crippen molar-refractivity contribution >= 4 is 17.5 Å². The molecule has 1 aromatic rings. The van der Waals surface area contributed by atoms with Gasteiger partial charge in [-0.2, -0.15) is 0 Å². The number of aliphatic hydroxyl groups excluding tert-OH is 1. The average molecular weight is 280 g/mol. The highest BCUT2D eigenvalue weighted by molar-refractivity contribution is 6.30. The maximum absolute atomic E-state index is 11.9. The minimum Gasteiger partial charge on any atom is -0.387 e. The zero-order valence-electron chi connectivity index (χ0n) is 10.7. The molecule has 0 aromatic heterocycles. The SMILES string of the molecule is O=C(NC[C@@H](O)c1cccc(Cl)c1)[C@H]1CC=CCC1. The van der Waals surface area contributed by atoms with Gasteiger partial charge in [0, 0.05) is 17.5 Å². The molecule has 1 amide bonds. The van der Waals surface area contributed by atoms with Gasteiger partial charge in [-0.25, -0.2) is 0 Å². The van der Waals surface area contributed by atoms with Crippen molar-refractivity contribution in [2.45, 2.75) is 25.4 Å². The maximum Gasteiger partial charge on any atom is 0.223 e. The van der Waals surface area contributed by atoms with E-state index in [9.17, 15) is 9.90 Å². The van der Waals surface area contributed by atoms with Gasteiger partial charge in [0.1, 0.15) is 0 Å². The van der Waals surface area contributed by atoms with Crippen LogP contribution in [0.2, 0.25) is 5.02 Å². The summed E-state index contributed by atoms with van der Waals surface area (Å²) < 4.78 is 0. The lowest BCUT2D eigenvalue weighted by Gasteiger charge is -2.19. The Hall–Kier alpha value is -1.32. The van der Waals surface area contributed by atoms with Crippen LogP contribution in [0.4, 0.5) is 0 Å². The fraction of sp³-hybridized carbons (Fsp3) is 0.400. The molecule has 1 aliphatic carbocycles. The average Bonchev–Trinajstić information content (AvgIpc) is 2.45. The van der Waals surface area contributed by atoms with Crippen molar-refractivity contribution in [1.29, 1.82) is 0 Å². The Kier molecular flexibility index (Phi) is 5.00. The molecule has 0 unspecified atom stereocenters. The molecule has 0 saturated heterocycles. The summed E-state index contributed by atoms with van der Waals surface area (Å²) in [7, 11) is 0. The summed E-state index contributed by atoms with van der Waals surface area (Å²) >= 11 is 5.87. The summed E-state index contributed by atoms with van der Waals surface area (Å²) in [6.45, 7) is 0.222. The lowest BCUT2D eigenvalue weighted by molar-refractivity contribution is -0.125. The number of halogens is 1. The predicted octanol–water partition coefficient (Wildman–Crippen LogP) is 2.85. The lowest BCUT2D eigenvalue weighted by Crippen LogP contribution is -2.34. The molecule has 0 spiro atoms. The number of nitrogens with one attached hydrogen (secondary N) is 1. The number of allylic oxidation sites excluding steroid dienone is 2. The highest BCUT2D eigenvalue weighted by atomic mass is 35.5. The molecule has 2 N–H and O–H groups in total. The quantitative estimate of drug-likeness (QED) is 0.833. The molecule has 0 heterocycles. The molecule has 0 fully saturated rings. The molecule has 0 bridgehead atoms. The first kappa shape index (κ1) is 14.1. The van der Waals surface area contributed by atoms with E-state index >= 15 is 0 Å². The van der Waals surface area contributed by atoms with Gasteiger partial charge in [-0.1, -0.05) is 35.9 Å². The van der Waals surface area contributed by atoms with Crippen LogP contribution in [0.3, 0.4) is 0 Å². The first-order valence-electron chi connectivity index (χ1n) is 6.53. The van der Waals surface area contributed by atoms with Gasteiger partial charge in [0.05, 0.1) is 6.10 Å². The Morgan fingerprint density at radius 2 is 2.32 bits per heavy atom. The van der Waals surface area contributed by atoms with Crippen LogP contribution in [0.15, 0.2) is 36.4 Å². The van der Waals surface area contributed by atoms with Gasteiger partial charge in [0.2, 0.25) is 5.91 Å². The molecular weight excluding hydrogens is 262 g/mol. The maximum atomic E-state index is 11.9. The third-order valence-corrected chi connectivity index (χ3v) is 3.58. The van der Waals surface area contributed by atoms with E-state index in [4.69, 9.17) is 11.6 Å². The summed E-state index contributed by atoms with van der Waals surface area (Å²) in [5.74, 6) is 0.0574. The number of hydrogen-bond donors (Lipinski definition) is 2. The Labute approximate surface area is 118 Å². The van der Waals surface area contributed by atoms with Gasteiger partial charge in [-0.05, 0) is 37.0 Å². The van der Waals surface area contributed by atoms with E-state index in [-0.39, 0.29) is 18.4 Å². The number of carbonyl (C=O) groups is 1. The number of hydrogen-bond acceptors (Lipinski definition) is 2. The second kappa shape index (κ2) is 6.73. The number of rotatable bonds is 4. The monoisotopic (exact) mass is 279 g/mol. The summed E-state index contributed by atoms with van der Waals surface area (Å²) in [6.07, 6.45) is 6.05. The minimum absolute atomic E-state index is 0.0189. The molecule has 2 rings (SSSR count). The summed E-state index contributed by atoms with van der Waals surface area (Å²) in [5.41, 5.74) is 0.719. The highest BCUT2D eigenvalue weighted by Crippen LogP contribution is 2.19. The summed E-state index contributed by atoms with van der Waals surface area (Å²) in [6, 6.07) is 7.05. The number of aliphatic hydroxyl groups is 1. The van der Waals surface area contributed by atoms with Crippen LogP contribution >= 0.6 is 11.6 Å². The molecule has 1 aromatic carbocycles. The second-order valence-corrected chi connectivity index (χ2v) is 5.23. The van der Waals surface area contributed by atoms with Crippen LogP contribution in [0, 0.1) is 5.92 Å². The van der Waals surface area contributed by atoms with Gasteiger partial charge in [-0.3, -0.25) is 4.79 Å². The first-order chi connectivity index (χ1) is 9.16. The largest absolute Gasteiger partial charge is 0.387 e. The van der Waals surface area contributed by atoms with Crippen LogP contribution < -0.4 is 5.32 Å². The standard InChI is InChI=1S/C15H18ClNO2/c16-13-8-4-7-12(9-13)14(18)10-17-15(19)11-5-2-1-3-6-11/h1-2,4,7-9,11,14,18H,3,5-6,10H2,(H,17,19)/t11-,14+/m0/s1. The van der Waals surface area contributed by atoms with E-state index in [1.54, 1.807) is 24.3 Å². The van der Waals surface area contributed by atoms with E-state index in [0.717, 1.165) is 24.8 Å². The van der Waals surface area contributed by atoms with E-state index in [0.29, 0.717) is 5.02 Å². The Bertz CT molecular complexity index is 473. The van der Waals surface area contributed by atoms with Gasteiger partial charge in [-0.15, -0.1) is 0 Å². The van der Waals surface area contributed by atoms with E-state index < -0.39 is 6.10 Å². The molecule has 19 heavy (non-hydrogen) atoms. The number of carbonyl (C=O) groups excluding carboxylic acids is 1. The predicted molar refractivity (Wildman–Crippen MR) is 75.9 cm³/mol. The topological polar surface area (TPSA) is 49.3 Å². The van der Waals surface area contributed by atoms with Crippen molar-refractivity contribution in [3.63, 3.8) is 0 Å². The van der Waals surface area contributed by atoms with Gasteiger partial charge < -0.3 is 10.4 Å². The van der Waals surface area contributed by atoms with Crippen molar-refractivity contribution in [2.24, 2.45) is 5.92 Å². The zero-order valence-corrected chi connectivity index (χ0v) is 11.4. The Morgan fingerprint density at radius 3 is 3.00 bits per heavy atom. The van der Waals surface area contributed by atoms with Gasteiger partial charge >= 0.3 is 0 Å². The fourth-order valence-electron chi connectivity index (χ4n) is 2.21. The van der Waals surface area contributed by atoms with Crippen molar-refractivity contribution in [3.8, 4) is 0 Å². The van der Waals surface area contributed by atoms with Crippen LogP contribution in [-0.2, 0) is 4.79 Å². The summed E-state index contributed by atoms with van der Waals surface area (Å²) in [5, 5.41) is 13.4. The van der Waals surface area contributed by atoms with Crippen LogP contribution in [-0.4, -0.2) is 17.6 Å². The zero-order chi connectivity index (χ0) is 13.7. The Balaban J connectivity index is 1.84. The number of amides is 1. The van der Waals surface area contributed by atoms with Crippen LogP contribution in [0.1, 0.15) is 30.9 Å². The first-order valence-corrected chi connectivity index (χ1v) is 6.91. The molecule has 2 atom stereocenters. The van der Waals surface area contributed by atoms with E-state index in [1.165, 1.54) is 0 Å². The van der Waals surface area contributed by atoms with Crippen molar-refractivity contribution < 1.29 is 9.90 Å². The Morgan fingerprint density at radius 1 is 1.47 bits per heavy atom. The summed E-state index contributed by atoms with van der Waals surface area (Å²) in [4.78, 5) is 11.9. The van der Waals surface area contributed by atoms with Crippen LogP contribution in [0.25, 0.3) is 0 Å². The molecule has 0 radical (unpaired) electrons. The van der Waals surface area contributed by atoms with E-state index in [2.05, 4.69) is 11.4 Å². The molecular formula is C15H18ClNO2. The normalized spacial score (nSPS) is 20.0. The lowest BCUT2D eigenvalue weighted by atomic mass is 9.93. The minimum atomic E-state index is -0.721. The third-order valence-electron chi connectivity index (χ3n) is 3.34. The van der Waals surface area contributed by atoms with Gasteiger partial charge in [0.25, 0.3) is 0 Å². The molecule has 4 heteroatoms. The smallest absolute Gasteiger partial charge is 0.223 e. The molecule has 0 saturated carbocycles. The van der Waals surface area contributed by atoms with Crippen molar-refractivity contribution in [1.82, 2.24) is 5.32 Å². The molecule has 1 aliphatic rings. The van der Waals surface area contributed by atoms with Crippen molar-refractivity contribution in [3.05, 3.63) is 47.0 Å². The molecule has 102 valence electrons.